The van der Waals surface area contributed by atoms with Crippen LogP contribution in [0, 0.1) is 5.82 Å². The zero-order valence-electron chi connectivity index (χ0n) is 14.6. The van der Waals surface area contributed by atoms with Crippen LogP contribution in [0.2, 0.25) is 0 Å². The van der Waals surface area contributed by atoms with Crippen LogP contribution < -0.4 is 0 Å². The zero-order valence-corrected chi connectivity index (χ0v) is 15.4. The maximum atomic E-state index is 13.3. The molecular formula is C19H19FN2O4S. The molecule has 0 aliphatic carbocycles. The fraction of sp³-hybridized carbons (Fsp3) is 0.316. The Morgan fingerprint density at radius 3 is 2.41 bits per heavy atom. The molecular weight excluding hydrogens is 371 g/mol. The molecule has 8 heteroatoms. The minimum atomic E-state index is -1.05. The van der Waals surface area contributed by atoms with E-state index in [2.05, 4.69) is 0 Å². The summed E-state index contributed by atoms with van der Waals surface area (Å²) in [5, 5.41) is 8.99. The molecule has 0 unspecified atom stereocenters. The molecule has 2 amide bonds. The summed E-state index contributed by atoms with van der Waals surface area (Å²) in [6, 6.07) is 8.92. The van der Waals surface area contributed by atoms with Crippen molar-refractivity contribution in [1.29, 1.82) is 0 Å². The minimum Gasteiger partial charge on any atom is -0.477 e. The number of carbonyl (C=O) groups is 3. The predicted octanol–water partition coefficient (Wildman–Crippen LogP) is 2.50. The first-order valence-electron chi connectivity index (χ1n) is 8.58. The Morgan fingerprint density at radius 2 is 1.70 bits per heavy atom. The average Bonchev–Trinajstić information content (AvgIpc) is 2.99. The maximum absolute atomic E-state index is 13.3. The molecule has 1 saturated heterocycles. The summed E-state index contributed by atoms with van der Waals surface area (Å²) in [5.41, 5.74) is 0.622. The van der Waals surface area contributed by atoms with Crippen LogP contribution in [0.3, 0.4) is 0 Å². The second-order valence-corrected chi connectivity index (χ2v) is 7.39. The number of rotatable bonds is 4. The molecule has 1 aromatic carbocycles. The van der Waals surface area contributed by atoms with Crippen LogP contribution in [-0.2, 0) is 11.2 Å². The molecule has 0 radical (unpaired) electrons. The molecule has 0 spiro atoms. The highest BCUT2D eigenvalue weighted by atomic mass is 32.1. The van der Waals surface area contributed by atoms with Gasteiger partial charge in [0, 0.05) is 26.2 Å². The van der Waals surface area contributed by atoms with Gasteiger partial charge in [0.25, 0.3) is 5.91 Å². The highest BCUT2D eigenvalue weighted by Gasteiger charge is 2.24. The van der Waals surface area contributed by atoms with Crippen LogP contribution in [0.5, 0.6) is 0 Å². The Hall–Kier alpha value is -2.74. The lowest BCUT2D eigenvalue weighted by Gasteiger charge is -2.22. The third-order valence-corrected chi connectivity index (χ3v) is 5.47. The number of halogens is 1. The Morgan fingerprint density at radius 1 is 1.00 bits per heavy atom. The van der Waals surface area contributed by atoms with E-state index in [1.807, 2.05) is 0 Å². The Balaban J connectivity index is 1.60. The molecule has 0 atom stereocenters. The van der Waals surface area contributed by atoms with Gasteiger partial charge >= 0.3 is 5.97 Å². The monoisotopic (exact) mass is 390 g/mol. The van der Waals surface area contributed by atoms with Crippen LogP contribution in [-0.4, -0.2) is 58.9 Å². The summed E-state index contributed by atoms with van der Waals surface area (Å²) in [7, 11) is 0. The molecule has 1 aliphatic heterocycles. The summed E-state index contributed by atoms with van der Waals surface area (Å²) in [4.78, 5) is 39.9. The van der Waals surface area contributed by atoms with Gasteiger partial charge in [-0.25, -0.2) is 9.18 Å². The molecule has 27 heavy (non-hydrogen) atoms. The molecule has 1 N–H and O–H groups in total. The van der Waals surface area contributed by atoms with Crippen molar-refractivity contribution in [2.75, 3.05) is 26.2 Å². The van der Waals surface area contributed by atoms with Gasteiger partial charge in [0.2, 0.25) is 5.91 Å². The normalized spacial score (nSPS) is 14.7. The molecule has 1 aliphatic rings. The predicted molar refractivity (Wildman–Crippen MR) is 98.5 cm³/mol. The first kappa shape index (κ1) is 19.0. The summed E-state index contributed by atoms with van der Waals surface area (Å²) < 4.78 is 13.3. The highest BCUT2D eigenvalue weighted by Crippen LogP contribution is 2.19. The molecule has 6 nitrogen and oxygen atoms in total. The van der Waals surface area contributed by atoms with Crippen molar-refractivity contribution < 1.29 is 23.9 Å². The number of benzene rings is 1. The lowest BCUT2D eigenvalue weighted by Crippen LogP contribution is -2.37. The highest BCUT2D eigenvalue weighted by molar-refractivity contribution is 7.15. The summed E-state index contributed by atoms with van der Waals surface area (Å²) >= 11 is 0.953. The first-order valence-corrected chi connectivity index (χ1v) is 9.40. The standard InChI is InChI=1S/C19H19FN2O4S/c20-14-4-1-3-13(11-14)12-17(23)21-7-2-8-22(10-9-21)18(24)15-5-6-16(27-15)19(25)26/h1,3-6,11H,2,7-10,12H2,(H,25,26). The molecule has 0 saturated carbocycles. The van der Waals surface area contributed by atoms with Gasteiger partial charge in [0.05, 0.1) is 11.3 Å². The largest absolute Gasteiger partial charge is 0.477 e. The SMILES string of the molecule is O=C(O)c1ccc(C(=O)N2CCCN(C(=O)Cc3cccc(F)c3)CC2)s1. The lowest BCUT2D eigenvalue weighted by molar-refractivity contribution is -0.130. The number of thiophene rings is 1. The number of hydrogen-bond acceptors (Lipinski definition) is 4. The molecule has 0 bridgehead atoms. The Bertz CT molecular complexity index is 867. The third-order valence-electron chi connectivity index (χ3n) is 4.41. The van der Waals surface area contributed by atoms with Gasteiger partial charge in [-0.3, -0.25) is 9.59 Å². The van der Waals surface area contributed by atoms with E-state index in [9.17, 15) is 18.8 Å². The number of nitrogens with zero attached hydrogens (tertiary/aromatic N) is 2. The van der Waals surface area contributed by atoms with Crippen molar-refractivity contribution in [2.24, 2.45) is 0 Å². The van der Waals surface area contributed by atoms with Crippen molar-refractivity contribution in [2.45, 2.75) is 12.8 Å². The molecule has 3 rings (SSSR count). The van der Waals surface area contributed by atoms with E-state index < -0.39 is 5.97 Å². The van der Waals surface area contributed by atoms with E-state index in [1.54, 1.807) is 21.9 Å². The topological polar surface area (TPSA) is 77.9 Å². The first-order chi connectivity index (χ1) is 12.9. The number of hydrogen-bond donors (Lipinski definition) is 1. The number of carbonyl (C=O) groups excluding carboxylic acids is 2. The number of aromatic carboxylic acids is 1. The average molecular weight is 390 g/mol. The zero-order chi connectivity index (χ0) is 19.4. The van der Waals surface area contributed by atoms with Gasteiger partial charge in [0.1, 0.15) is 10.7 Å². The van der Waals surface area contributed by atoms with E-state index in [4.69, 9.17) is 5.11 Å². The van der Waals surface area contributed by atoms with Crippen LogP contribution >= 0.6 is 11.3 Å². The van der Waals surface area contributed by atoms with Crippen molar-refractivity contribution >= 4 is 29.1 Å². The van der Waals surface area contributed by atoms with Crippen LogP contribution in [0.1, 0.15) is 31.3 Å². The van der Waals surface area contributed by atoms with E-state index >= 15 is 0 Å². The number of carboxylic acids is 1. The summed E-state index contributed by atoms with van der Waals surface area (Å²) in [6.07, 6.45) is 0.760. The quantitative estimate of drug-likeness (QED) is 0.870. The van der Waals surface area contributed by atoms with Crippen LogP contribution in [0.4, 0.5) is 4.39 Å². The minimum absolute atomic E-state index is 0.0980. The van der Waals surface area contributed by atoms with Gasteiger partial charge in [-0.2, -0.15) is 0 Å². The van der Waals surface area contributed by atoms with Gasteiger partial charge in [-0.05, 0) is 36.2 Å². The second-order valence-electron chi connectivity index (χ2n) is 6.30. The van der Waals surface area contributed by atoms with Crippen molar-refractivity contribution in [1.82, 2.24) is 9.80 Å². The van der Waals surface area contributed by atoms with E-state index in [0.29, 0.717) is 43.0 Å². The Labute approximate surface area is 159 Å². The van der Waals surface area contributed by atoms with Gasteiger partial charge in [0.15, 0.2) is 0 Å². The van der Waals surface area contributed by atoms with Gasteiger partial charge in [-0.15, -0.1) is 11.3 Å². The van der Waals surface area contributed by atoms with E-state index in [1.165, 1.54) is 24.3 Å². The van der Waals surface area contributed by atoms with E-state index in [-0.39, 0.29) is 28.9 Å². The summed E-state index contributed by atoms with van der Waals surface area (Å²) in [5.74, 6) is -1.74. The molecule has 2 aromatic rings. The second kappa shape index (κ2) is 8.30. The van der Waals surface area contributed by atoms with Crippen LogP contribution in [0.15, 0.2) is 36.4 Å². The maximum Gasteiger partial charge on any atom is 0.345 e. The van der Waals surface area contributed by atoms with Crippen molar-refractivity contribution in [3.05, 3.63) is 57.5 Å². The summed E-state index contributed by atoms with van der Waals surface area (Å²) in [6.45, 7) is 1.82. The van der Waals surface area contributed by atoms with Crippen molar-refractivity contribution in [3.8, 4) is 0 Å². The van der Waals surface area contributed by atoms with Crippen molar-refractivity contribution in [3.63, 3.8) is 0 Å². The van der Waals surface area contributed by atoms with Crippen LogP contribution in [0.25, 0.3) is 0 Å². The smallest absolute Gasteiger partial charge is 0.345 e. The molecule has 1 fully saturated rings. The fourth-order valence-corrected chi connectivity index (χ4v) is 3.84. The number of amides is 2. The fourth-order valence-electron chi connectivity index (χ4n) is 3.03. The van der Waals surface area contributed by atoms with E-state index in [0.717, 1.165) is 11.3 Å². The number of carboxylic acid groups (broad SMARTS) is 1. The molecule has 142 valence electrons. The lowest BCUT2D eigenvalue weighted by atomic mass is 10.1. The Kier molecular flexibility index (Phi) is 5.85. The van der Waals surface area contributed by atoms with Gasteiger partial charge < -0.3 is 14.9 Å². The molecule has 2 heterocycles. The third kappa shape index (κ3) is 4.71. The van der Waals surface area contributed by atoms with Gasteiger partial charge in [-0.1, -0.05) is 12.1 Å². The molecule has 1 aromatic heterocycles.